The molecule has 1 unspecified atom stereocenters. The molecule has 0 aromatic carbocycles. The molecule has 8 nitrogen and oxygen atoms in total. The van der Waals surface area contributed by atoms with Crippen molar-refractivity contribution in [2.45, 2.75) is 65.0 Å². The van der Waals surface area contributed by atoms with Crippen molar-refractivity contribution in [1.82, 2.24) is 4.90 Å². The predicted octanol–water partition coefficient (Wildman–Crippen LogP) is 3.57. The number of methoxy groups -OCH3 is 1. The number of aliphatic imine (C=N–C) groups is 1. The molecule has 0 bridgehead atoms. The van der Waals surface area contributed by atoms with Crippen LogP contribution >= 0.6 is 11.6 Å². The van der Waals surface area contributed by atoms with Crippen LogP contribution in [-0.2, 0) is 9.53 Å². The number of halogens is 1. The third-order valence-corrected chi connectivity index (χ3v) is 4.80. The van der Waals surface area contributed by atoms with Crippen molar-refractivity contribution in [3.05, 3.63) is 21.5 Å². The number of carbonyl (C=O) groups excluding carboxylic acids is 1. The van der Waals surface area contributed by atoms with Gasteiger partial charge in [-0.05, 0) is 37.3 Å². The minimum Gasteiger partial charge on any atom is -0.469 e. The van der Waals surface area contributed by atoms with Gasteiger partial charge in [0.15, 0.2) is 0 Å². The number of hydrogen-bond acceptors (Lipinski definition) is 6. The van der Waals surface area contributed by atoms with Crippen molar-refractivity contribution < 1.29 is 14.5 Å². The Morgan fingerprint density at radius 2 is 2.04 bits per heavy atom. The molecule has 1 atom stereocenters. The Bertz CT molecular complexity index is 598. The van der Waals surface area contributed by atoms with Crippen LogP contribution in [0.3, 0.4) is 0 Å². The second-order valence-corrected chi connectivity index (χ2v) is 7.07. The van der Waals surface area contributed by atoms with Gasteiger partial charge < -0.3 is 9.64 Å². The number of amidine groups is 1. The van der Waals surface area contributed by atoms with E-state index in [1.807, 2.05) is 18.7 Å². The van der Waals surface area contributed by atoms with E-state index in [0.29, 0.717) is 5.70 Å². The van der Waals surface area contributed by atoms with Crippen LogP contribution in [-0.4, -0.2) is 46.5 Å². The summed E-state index contributed by atoms with van der Waals surface area (Å²) in [5.41, 5.74) is 0.198. The lowest BCUT2D eigenvalue weighted by Gasteiger charge is -2.40. The number of allylic oxidation sites excluding steroid dienone is 2. The first-order valence-corrected chi connectivity index (χ1v) is 9.05. The number of nitrogens with zero attached hydrogens (tertiary/aromatic N) is 3. The fourth-order valence-corrected chi connectivity index (χ4v) is 3.46. The van der Waals surface area contributed by atoms with Crippen molar-refractivity contribution >= 4 is 29.1 Å². The quantitative estimate of drug-likeness (QED) is 0.171. The van der Waals surface area contributed by atoms with E-state index >= 15 is 0 Å². The number of nitro groups is 1. The summed E-state index contributed by atoms with van der Waals surface area (Å²) < 4.78 is 4.82. The van der Waals surface area contributed by atoms with Crippen molar-refractivity contribution in [3.8, 4) is 0 Å². The highest BCUT2D eigenvalue weighted by molar-refractivity contribution is 6.64. The zero-order valence-corrected chi connectivity index (χ0v) is 16.5. The van der Waals surface area contributed by atoms with Gasteiger partial charge in [-0.3, -0.25) is 20.3 Å². The lowest BCUT2D eigenvalue weighted by molar-refractivity contribution is -0.416. The molecule has 0 spiro atoms. The summed E-state index contributed by atoms with van der Waals surface area (Å²) in [6.45, 7) is 5.63. The molecule has 1 rings (SSSR count). The minimum atomic E-state index is -0.532. The summed E-state index contributed by atoms with van der Waals surface area (Å²) in [5, 5.41) is 18.2. The van der Waals surface area contributed by atoms with E-state index in [0.717, 1.165) is 31.9 Å². The summed E-state index contributed by atoms with van der Waals surface area (Å²) >= 11 is 5.40. The number of nitrogens with one attached hydrogen (secondary N) is 1. The Morgan fingerprint density at radius 3 is 2.46 bits per heavy atom. The highest BCUT2D eigenvalue weighted by Gasteiger charge is 2.35. The van der Waals surface area contributed by atoms with Crippen LogP contribution in [0.1, 0.15) is 52.9 Å². The van der Waals surface area contributed by atoms with Gasteiger partial charge in [0.25, 0.3) is 0 Å². The Balaban J connectivity index is 3.40. The van der Waals surface area contributed by atoms with Crippen LogP contribution in [0.25, 0.3) is 0 Å². The zero-order valence-electron chi connectivity index (χ0n) is 15.7. The van der Waals surface area contributed by atoms with Crippen LogP contribution in [0.2, 0.25) is 0 Å². The van der Waals surface area contributed by atoms with Gasteiger partial charge in [0, 0.05) is 12.1 Å². The summed E-state index contributed by atoms with van der Waals surface area (Å²) in [5.74, 6) is -0.265. The lowest BCUT2D eigenvalue weighted by atomic mass is 9.95. The number of esters is 1. The first kappa shape index (κ1) is 22.1. The monoisotopic (exact) mass is 386 g/mol. The van der Waals surface area contributed by atoms with E-state index in [4.69, 9.17) is 21.7 Å². The average Bonchev–Trinajstić information content (AvgIpc) is 3.07. The molecule has 0 aliphatic heterocycles. The maximum absolute atomic E-state index is 11.9. The SMILES string of the molecule is COC(=O)CC(C(C)C)N(/C(C)=C(/C=N\C(=N)Cl)[N+](=O)[O-])C1CCCC1. The zero-order chi connectivity index (χ0) is 19.9. The topological polar surface area (TPSA) is 109 Å². The highest BCUT2D eigenvalue weighted by atomic mass is 35.5. The standard InChI is InChI=1S/C17H27ClN4O4/c1-11(2)14(9-16(23)26-4)21(13-7-5-6-8-13)12(3)15(22(24)25)10-20-17(18)19/h10-11,13-14,19H,5-9H2,1-4H3/b15-12-,19-17?,20-10-. The molecule has 0 aromatic rings. The van der Waals surface area contributed by atoms with E-state index in [1.165, 1.54) is 7.11 Å². The maximum Gasteiger partial charge on any atom is 0.307 e. The van der Waals surface area contributed by atoms with Gasteiger partial charge in [-0.1, -0.05) is 26.7 Å². The van der Waals surface area contributed by atoms with Crippen LogP contribution in [0.5, 0.6) is 0 Å². The molecule has 26 heavy (non-hydrogen) atoms. The van der Waals surface area contributed by atoms with Crippen molar-refractivity contribution in [2.24, 2.45) is 10.9 Å². The first-order valence-electron chi connectivity index (χ1n) is 8.67. The van der Waals surface area contributed by atoms with Crippen LogP contribution < -0.4 is 0 Å². The van der Waals surface area contributed by atoms with E-state index < -0.39 is 10.2 Å². The third kappa shape index (κ3) is 6.09. The maximum atomic E-state index is 11.9. The molecule has 1 saturated carbocycles. The molecular weight excluding hydrogens is 360 g/mol. The van der Waals surface area contributed by atoms with Crippen LogP contribution in [0, 0.1) is 21.4 Å². The van der Waals surface area contributed by atoms with E-state index in [1.54, 1.807) is 6.92 Å². The molecular formula is C17H27ClN4O4. The molecule has 0 saturated heterocycles. The number of carbonyl (C=O) groups is 1. The van der Waals surface area contributed by atoms with Gasteiger partial charge in [-0.15, -0.1) is 0 Å². The molecule has 0 amide bonds. The smallest absolute Gasteiger partial charge is 0.307 e. The second-order valence-electron chi connectivity index (χ2n) is 6.71. The van der Waals surface area contributed by atoms with Gasteiger partial charge in [0.05, 0.1) is 24.2 Å². The summed E-state index contributed by atoms with van der Waals surface area (Å²) in [6, 6.07) is -0.116. The molecule has 0 radical (unpaired) electrons. The molecule has 1 N–H and O–H groups in total. The largest absolute Gasteiger partial charge is 0.469 e. The molecule has 1 fully saturated rings. The third-order valence-electron chi connectivity index (χ3n) is 4.70. The Morgan fingerprint density at radius 1 is 1.46 bits per heavy atom. The van der Waals surface area contributed by atoms with Gasteiger partial charge in [0.1, 0.15) is 6.21 Å². The van der Waals surface area contributed by atoms with E-state index in [-0.39, 0.29) is 36.1 Å². The second kappa shape index (κ2) is 10.3. The highest BCUT2D eigenvalue weighted by Crippen LogP contribution is 2.32. The van der Waals surface area contributed by atoms with Crippen LogP contribution in [0.15, 0.2) is 16.4 Å². The van der Waals surface area contributed by atoms with Crippen molar-refractivity contribution in [2.75, 3.05) is 7.11 Å². The molecule has 1 aliphatic carbocycles. The number of rotatable bonds is 8. The van der Waals surface area contributed by atoms with Gasteiger partial charge in [-0.2, -0.15) is 0 Å². The minimum absolute atomic E-state index is 0.0842. The molecule has 146 valence electrons. The summed E-state index contributed by atoms with van der Waals surface area (Å²) in [7, 11) is 1.34. The Kier molecular flexibility index (Phi) is 8.71. The van der Waals surface area contributed by atoms with E-state index in [2.05, 4.69) is 4.99 Å². The van der Waals surface area contributed by atoms with Gasteiger partial charge >= 0.3 is 11.7 Å². The lowest BCUT2D eigenvalue weighted by Crippen LogP contribution is -2.45. The Labute approximate surface area is 158 Å². The molecule has 1 aliphatic rings. The fraction of sp³-hybridized carbons (Fsp3) is 0.706. The summed E-state index contributed by atoms with van der Waals surface area (Å²) in [6.07, 6.45) is 5.07. The normalized spacial score (nSPS) is 17.3. The van der Waals surface area contributed by atoms with Gasteiger partial charge in [-0.25, -0.2) is 4.99 Å². The number of hydrogen-bond donors (Lipinski definition) is 1. The number of ether oxygens (including phenoxy) is 1. The predicted molar refractivity (Wildman–Crippen MR) is 101 cm³/mol. The fourth-order valence-electron chi connectivity index (χ4n) is 3.41. The molecule has 0 aromatic heterocycles. The summed E-state index contributed by atoms with van der Waals surface area (Å²) in [4.78, 5) is 28.5. The van der Waals surface area contributed by atoms with E-state index in [9.17, 15) is 14.9 Å². The molecule has 0 heterocycles. The first-order chi connectivity index (χ1) is 12.2. The van der Waals surface area contributed by atoms with Crippen LogP contribution in [0.4, 0.5) is 0 Å². The average molecular weight is 387 g/mol. The molecule has 9 heteroatoms. The van der Waals surface area contributed by atoms with Crippen molar-refractivity contribution in [1.29, 1.82) is 5.41 Å². The Hall–Kier alpha value is -1.96. The van der Waals surface area contributed by atoms with Gasteiger partial charge in [0.2, 0.25) is 5.29 Å². The van der Waals surface area contributed by atoms with Crippen molar-refractivity contribution in [3.63, 3.8) is 0 Å².